The summed E-state index contributed by atoms with van der Waals surface area (Å²) in [6, 6.07) is 0. The van der Waals surface area contributed by atoms with Crippen molar-refractivity contribution in [3.8, 4) is 0 Å². The first-order valence-electron chi connectivity index (χ1n) is 5.94. The van der Waals surface area contributed by atoms with Crippen LogP contribution in [0.3, 0.4) is 0 Å². The molecule has 1 nitrogen and oxygen atoms in total. The molecular weight excluding hydrogens is 160 g/mol. The Morgan fingerprint density at radius 2 is 1.85 bits per heavy atom. The van der Waals surface area contributed by atoms with Gasteiger partial charge in [0.25, 0.3) is 0 Å². The first-order chi connectivity index (χ1) is 6.26. The first-order valence-corrected chi connectivity index (χ1v) is 5.94. The van der Waals surface area contributed by atoms with E-state index in [1.165, 1.54) is 25.7 Å². The lowest BCUT2D eigenvalue weighted by Crippen LogP contribution is -2.33. The van der Waals surface area contributed by atoms with Gasteiger partial charge < -0.3 is 4.74 Å². The second kappa shape index (κ2) is 1.98. The van der Waals surface area contributed by atoms with Crippen molar-refractivity contribution in [1.82, 2.24) is 0 Å². The van der Waals surface area contributed by atoms with Crippen LogP contribution in [-0.2, 0) is 4.74 Å². The molecule has 0 radical (unpaired) electrons. The molecule has 1 heterocycles. The molecule has 0 spiro atoms. The Hall–Kier alpha value is -0.0400. The van der Waals surface area contributed by atoms with Gasteiger partial charge in [-0.1, -0.05) is 0 Å². The predicted molar refractivity (Wildman–Crippen MR) is 50.3 cm³/mol. The van der Waals surface area contributed by atoms with Gasteiger partial charge in [-0.3, -0.25) is 0 Å². The van der Waals surface area contributed by atoms with E-state index in [0.717, 1.165) is 23.7 Å². The summed E-state index contributed by atoms with van der Waals surface area (Å²) in [5.74, 6) is 4.32. The van der Waals surface area contributed by atoms with Gasteiger partial charge in [-0.2, -0.15) is 0 Å². The SMILES string of the molecule is CC12C[C@H]3C4CC[C@H](C4)[C@H]3CC1O2. The minimum absolute atomic E-state index is 0.339. The van der Waals surface area contributed by atoms with Crippen LogP contribution in [0.5, 0.6) is 0 Å². The highest BCUT2D eigenvalue weighted by Crippen LogP contribution is 2.63. The van der Waals surface area contributed by atoms with Gasteiger partial charge in [0, 0.05) is 0 Å². The van der Waals surface area contributed by atoms with Crippen LogP contribution >= 0.6 is 0 Å². The molecule has 4 fully saturated rings. The van der Waals surface area contributed by atoms with E-state index in [-0.39, 0.29) is 0 Å². The molecule has 0 aromatic heterocycles. The molecule has 2 bridgehead atoms. The van der Waals surface area contributed by atoms with Gasteiger partial charge in [0.1, 0.15) is 0 Å². The lowest BCUT2D eigenvalue weighted by atomic mass is 9.68. The fourth-order valence-electron chi connectivity index (χ4n) is 4.70. The highest BCUT2D eigenvalue weighted by molar-refractivity contribution is 5.12. The van der Waals surface area contributed by atoms with Crippen molar-refractivity contribution in [2.75, 3.05) is 0 Å². The molecule has 0 aromatic carbocycles. The number of hydrogen-bond donors (Lipinski definition) is 0. The Labute approximate surface area is 79.8 Å². The van der Waals surface area contributed by atoms with Crippen LogP contribution in [-0.4, -0.2) is 11.7 Å². The van der Waals surface area contributed by atoms with E-state index in [0.29, 0.717) is 11.7 Å². The van der Waals surface area contributed by atoms with Crippen molar-refractivity contribution < 1.29 is 4.74 Å². The quantitative estimate of drug-likeness (QED) is 0.519. The van der Waals surface area contributed by atoms with Crippen LogP contribution in [0.15, 0.2) is 0 Å². The molecule has 1 heteroatoms. The van der Waals surface area contributed by atoms with Crippen LogP contribution in [0.2, 0.25) is 0 Å². The van der Waals surface area contributed by atoms with E-state index in [1.807, 2.05) is 0 Å². The number of fused-ring (bicyclic) bond motifs is 6. The Morgan fingerprint density at radius 3 is 2.69 bits per heavy atom. The molecule has 3 saturated carbocycles. The fraction of sp³-hybridized carbons (Fsp3) is 1.00. The van der Waals surface area contributed by atoms with E-state index in [1.54, 1.807) is 6.42 Å². The average molecular weight is 178 g/mol. The fourth-order valence-corrected chi connectivity index (χ4v) is 4.70. The van der Waals surface area contributed by atoms with Crippen LogP contribution in [0.1, 0.15) is 39.0 Å². The highest BCUT2D eigenvalue weighted by Gasteiger charge is 2.63. The van der Waals surface area contributed by atoms with Crippen molar-refractivity contribution in [1.29, 1.82) is 0 Å². The second-order valence-electron chi connectivity index (χ2n) is 6.02. The molecule has 0 aromatic rings. The van der Waals surface area contributed by atoms with Crippen molar-refractivity contribution in [3.05, 3.63) is 0 Å². The van der Waals surface area contributed by atoms with Gasteiger partial charge in [0.05, 0.1) is 11.7 Å². The lowest BCUT2D eigenvalue weighted by molar-refractivity contribution is 0.153. The molecule has 4 aliphatic rings. The van der Waals surface area contributed by atoms with Crippen molar-refractivity contribution in [2.24, 2.45) is 23.7 Å². The monoisotopic (exact) mass is 178 g/mol. The van der Waals surface area contributed by atoms with Gasteiger partial charge >= 0.3 is 0 Å². The van der Waals surface area contributed by atoms with Crippen LogP contribution in [0.25, 0.3) is 0 Å². The summed E-state index contributed by atoms with van der Waals surface area (Å²) >= 11 is 0. The van der Waals surface area contributed by atoms with E-state index in [2.05, 4.69) is 6.92 Å². The molecule has 1 aliphatic heterocycles. The zero-order chi connectivity index (χ0) is 8.63. The van der Waals surface area contributed by atoms with E-state index in [9.17, 15) is 0 Å². The molecule has 1 saturated heterocycles. The molecule has 0 N–H and O–H groups in total. The summed E-state index contributed by atoms with van der Waals surface area (Å²) in [6.07, 6.45) is 8.10. The maximum Gasteiger partial charge on any atom is 0.0923 e. The third-order valence-electron chi connectivity index (χ3n) is 5.44. The van der Waals surface area contributed by atoms with Crippen LogP contribution < -0.4 is 0 Å². The van der Waals surface area contributed by atoms with Gasteiger partial charge in [-0.15, -0.1) is 0 Å². The molecule has 0 amide bonds. The largest absolute Gasteiger partial charge is 0.366 e. The van der Waals surface area contributed by atoms with Gasteiger partial charge in [0.15, 0.2) is 0 Å². The zero-order valence-corrected chi connectivity index (χ0v) is 8.33. The Balaban J connectivity index is 1.67. The van der Waals surface area contributed by atoms with Gasteiger partial charge in [0.2, 0.25) is 0 Å². The van der Waals surface area contributed by atoms with Gasteiger partial charge in [-0.25, -0.2) is 0 Å². The summed E-state index contributed by atoms with van der Waals surface area (Å²) in [6.45, 7) is 2.33. The van der Waals surface area contributed by atoms with E-state index < -0.39 is 0 Å². The number of rotatable bonds is 0. The summed E-state index contributed by atoms with van der Waals surface area (Å²) in [4.78, 5) is 0. The van der Waals surface area contributed by atoms with Crippen molar-refractivity contribution >= 4 is 0 Å². The summed E-state index contributed by atoms with van der Waals surface area (Å²) in [5.41, 5.74) is 0.339. The minimum atomic E-state index is 0.339. The third-order valence-corrected chi connectivity index (χ3v) is 5.44. The number of ether oxygens (including phenoxy) is 1. The normalized spacial score (nSPS) is 67.6. The van der Waals surface area contributed by atoms with E-state index >= 15 is 0 Å². The molecule has 4 rings (SSSR count). The average Bonchev–Trinajstić information content (AvgIpc) is 2.50. The summed E-state index contributed by atoms with van der Waals surface area (Å²) < 4.78 is 5.83. The zero-order valence-electron chi connectivity index (χ0n) is 8.33. The third kappa shape index (κ3) is 0.782. The Morgan fingerprint density at radius 1 is 1.08 bits per heavy atom. The smallest absolute Gasteiger partial charge is 0.0923 e. The second-order valence-corrected chi connectivity index (χ2v) is 6.02. The molecule has 13 heavy (non-hydrogen) atoms. The minimum Gasteiger partial charge on any atom is -0.366 e. The van der Waals surface area contributed by atoms with Gasteiger partial charge in [-0.05, 0) is 62.7 Å². The number of epoxide rings is 1. The van der Waals surface area contributed by atoms with Crippen molar-refractivity contribution in [2.45, 2.75) is 50.7 Å². The lowest BCUT2D eigenvalue weighted by Gasteiger charge is -2.35. The highest BCUT2D eigenvalue weighted by atomic mass is 16.6. The molecule has 3 aliphatic carbocycles. The first kappa shape index (κ1) is 7.28. The number of hydrogen-bond acceptors (Lipinski definition) is 1. The molecule has 3 unspecified atom stereocenters. The Kier molecular flexibility index (Phi) is 1.11. The summed E-state index contributed by atoms with van der Waals surface area (Å²) in [5, 5.41) is 0. The van der Waals surface area contributed by atoms with Crippen LogP contribution in [0, 0.1) is 23.7 Å². The maximum atomic E-state index is 5.83. The maximum absolute atomic E-state index is 5.83. The van der Waals surface area contributed by atoms with Crippen LogP contribution in [0.4, 0.5) is 0 Å². The topological polar surface area (TPSA) is 12.5 Å². The van der Waals surface area contributed by atoms with Crippen molar-refractivity contribution in [3.63, 3.8) is 0 Å². The molecular formula is C12H18O. The summed E-state index contributed by atoms with van der Waals surface area (Å²) in [7, 11) is 0. The predicted octanol–water partition coefficient (Wildman–Crippen LogP) is 2.60. The molecule has 72 valence electrons. The standard InChI is InChI=1S/C12H18O/c1-12-6-10-8-3-2-7(4-8)9(10)5-11(12)13-12/h7-11H,2-6H2,1H3/t7-,8?,9-,10+,11?,12?/m1/s1. The van der Waals surface area contributed by atoms with E-state index in [4.69, 9.17) is 4.74 Å². The Bertz CT molecular complexity index is 262. The molecule has 6 atom stereocenters.